The zero-order valence-corrected chi connectivity index (χ0v) is 39.6. The first-order chi connectivity index (χ1) is 33.7. The third-order valence-electron chi connectivity index (χ3n) is 15.2. The molecule has 3 aromatic heterocycles. The minimum absolute atomic E-state index is 0.332. The van der Waals surface area contributed by atoms with Gasteiger partial charge in [-0.05, 0) is 111 Å². The molecule has 4 heteroatoms. The maximum atomic E-state index is 5.66. The fourth-order valence-electron chi connectivity index (χ4n) is 11.4. The lowest BCUT2D eigenvalue weighted by atomic mass is 9.88. The van der Waals surface area contributed by atoms with Gasteiger partial charge in [-0.1, -0.05) is 173 Å². The van der Waals surface area contributed by atoms with E-state index < -0.39 is 0 Å². The van der Waals surface area contributed by atoms with E-state index in [1.165, 1.54) is 121 Å². The molecule has 0 radical (unpaired) electrons. The van der Waals surface area contributed by atoms with Gasteiger partial charge >= 0.3 is 0 Å². The van der Waals surface area contributed by atoms with E-state index in [1.54, 1.807) is 0 Å². The van der Waals surface area contributed by atoms with Gasteiger partial charge in [0.05, 0.1) is 56.1 Å². The fraction of sp³-hybridized carbons (Fsp3) is 0.375. The van der Waals surface area contributed by atoms with Crippen molar-refractivity contribution in [3.8, 4) is 58.5 Å². The van der Waals surface area contributed by atoms with Crippen LogP contribution in [0.2, 0.25) is 0 Å². The highest BCUT2D eigenvalue weighted by molar-refractivity contribution is 5.99. The summed E-state index contributed by atoms with van der Waals surface area (Å²) < 4.78 is 0. The Hall–Kier alpha value is -6.72. The minimum Gasteiger partial charge on any atom is -0.354 e. The zero-order valence-electron chi connectivity index (χ0n) is 39.6. The predicted octanol–water partition coefficient (Wildman–Crippen LogP) is 15.6. The Morgan fingerprint density at radius 2 is 0.853 bits per heavy atom. The highest BCUT2D eigenvalue weighted by atomic mass is 14.8. The number of hydrogen-bond donors (Lipinski definition) is 2. The van der Waals surface area contributed by atoms with E-state index in [4.69, 9.17) is 9.97 Å². The van der Waals surface area contributed by atoms with Gasteiger partial charge in [-0.25, -0.2) is 9.97 Å². The van der Waals surface area contributed by atoms with E-state index in [0.717, 1.165) is 96.6 Å². The minimum atomic E-state index is 0.332. The number of aromatic nitrogens is 4. The number of benzene rings is 2. The molecule has 5 heterocycles. The van der Waals surface area contributed by atoms with Crippen LogP contribution in [0.1, 0.15) is 179 Å². The summed E-state index contributed by atoms with van der Waals surface area (Å²) in [5, 5.41) is 0. The second-order valence-electron chi connectivity index (χ2n) is 20.1. The molecule has 0 unspecified atom stereocenters. The van der Waals surface area contributed by atoms with E-state index in [9.17, 15) is 0 Å². The van der Waals surface area contributed by atoms with Gasteiger partial charge in [0, 0.05) is 45.5 Å². The quantitative estimate of drug-likeness (QED) is 0.137. The second kappa shape index (κ2) is 20.7. The first kappa shape index (κ1) is 43.8. The molecule has 0 saturated heterocycles. The number of allylic oxidation sites excluding steroid dienone is 2. The predicted molar refractivity (Wildman–Crippen MR) is 283 cm³/mol. The van der Waals surface area contributed by atoms with Crippen LogP contribution < -0.4 is 0 Å². The van der Waals surface area contributed by atoms with Crippen molar-refractivity contribution in [1.29, 1.82) is 0 Å². The highest BCUT2D eigenvalue weighted by Crippen LogP contribution is 2.40. The van der Waals surface area contributed by atoms with Gasteiger partial charge in [-0.3, -0.25) is 0 Å². The summed E-state index contributed by atoms with van der Waals surface area (Å²) in [5.74, 6) is 31.1. The molecule has 0 spiro atoms. The standard InChI is InChI=1S/C64H62N4/c1-2-14-28-49(27-13-1)63-59-39-51(35-31-45-19-7-3-8-20-45)55(65-59)43-56-52(36-32-46-21-9-4-10-22-46)40-61(67-56)64(50-29-15-6-16-30-50)62-41-53(37-33-47-23-11-5-12-24-47)57(68-62)44-58-54(42-60(63)66-58)38-34-48-25-17-18-26-48/h5-6,11-12,15-16,23-24,29-30,39-46,48-49,67-68H,1-4,7-10,13-14,17-22,25-28H2. The van der Waals surface area contributed by atoms with E-state index in [2.05, 4.69) is 136 Å². The smallest absolute Gasteiger partial charge is 0.0815 e. The van der Waals surface area contributed by atoms with Crippen LogP contribution in [0.15, 0.2) is 84.9 Å². The topological polar surface area (TPSA) is 57.4 Å². The lowest BCUT2D eigenvalue weighted by Gasteiger charge is -2.16. The van der Waals surface area contributed by atoms with Crippen LogP contribution >= 0.6 is 0 Å². The zero-order chi connectivity index (χ0) is 45.5. The molecule has 6 aliphatic rings. The van der Waals surface area contributed by atoms with Crippen molar-refractivity contribution in [2.75, 3.05) is 0 Å². The summed E-state index contributed by atoms with van der Waals surface area (Å²) in [5.41, 5.74) is 15.8. The summed E-state index contributed by atoms with van der Waals surface area (Å²) >= 11 is 0. The third-order valence-corrected chi connectivity index (χ3v) is 15.2. The summed E-state index contributed by atoms with van der Waals surface area (Å²) in [7, 11) is 0. The normalized spacial score (nSPS) is 18.1. The Labute approximate surface area is 404 Å². The lowest BCUT2D eigenvalue weighted by Crippen LogP contribution is -2.03. The molecule has 4 nitrogen and oxygen atoms in total. The van der Waals surface area contributed by atoms with Gasteiger partial charge in [-0.15, -0.1) is 0 Å². The molecule has 8 bridgehead atoms. The van der Waals surface area contributed by atoms with Crippen LogP contribution in [0, 0.1) is 65.1 Å². The number of aromatic amines is 2. The molecule has 0 atom stereocenters. The molecule has 338 valence electrons. The van der Waals surface area contributed by atoms with Crippen LogP contribution in [0.3, 0.4) is 0 Å². The van der Waals surface area contributed by atoms with Gasteiger partial charge in [0.15, 0.2) is 0 Å². The number of H-pyrrole nitrogens is 2. The van der Waals surface area contributed by atoms with Crippen molar-refractivity contribution in [2.45, 2.75) is 134 Å². The molecule has 4 saturated carbocycles. The van der Waals surface area contributed by atoms with Crippen LogP contribution in [0.25, 0.3) is 56.5 Å². The summed E-state index contributed by atoms with van der Waals surface area (Å²) in [6, 6.07) is 29.9. The number of nitrogens with one attached hydrogen (secondary N) is 2. The Bertz CT molecular complexity index is 3160. The largest absolute Gasteiger partial charge is 0.354 e. The monoisotopic (exact) mass is 886 g/mol. The summed E-state index contributed by atoms with van der Waals surface area (Å²) in [6.45, 7) is 0. The molecular weight excluding hydrogens is 825 g/mol. The van der Waals surface area contributed by atoms with Gasteiger partial charge in [0.2, 0.25) is 0 Å². The first-order valence-corrected chi connectivity index (χ1v) is 26.1. The Morgan fingerprint density at radius 3 is 1.38 bits per heavy atom. The highest BCUT2D eigenvalue weighted by Gasteiger charge is 2.26. The lowest BCUT2D eigenvalue weighted by molar-refractivity contribution is 0.430. The number of fused-ring (bicyclic) bond motifs is 8. The van der Waals surface area contributed by atoms with Gasteiger partial charge in [-0.2, -0.15) is 0 Å². The van der Waals surface area contributed by atoms with E-state index in [1.807, 2.05) is 18.2 Å². The first-order valence-electron chi connectivity index (χ1n) is 26.1. The van der Waals surface area contributed by atoms with E-state index in [-0.39, 0.29) is 0 Å². The Kier molecular flexibility index (Phi) is 13.3. The summed E-state index contributed by atoms with van der Waals surface area (Å²) in [6.07, 6.45) is 28.9. The number of hydrogen-bond acceptors (Lipinski definition) is 2. The van der Waals surface area contributed by atoms with Crippen LogP contribution in [0.4, 0.5) is 0 Å². The van der Waals surface area contributed by atoms with Crippen LogP contribution in [-0.2, 0) is 0 Å². The SMILES string of the molecule is C(#CC1CCCCC1)C1=Cc2nc1cc1[nH]c(cc1C#CC1CCCCC1)c(-c1ccccc1)c1cc(C#Cc3ccccc3)c(cc3nc(c2C2CCCCCC2)C=C3C#CC2CCCC2)[nH]1. The summed E-state index contributed by atoms with van der Waals surface area (Å²) in [4.78, 5) is 19.2. The van der Waals surface area contributed by atoms with Crippen molar-refractivity contribution in [3.63, 3.8) is 0 Å². The molecular formula is C64H62N4. The fourth-order valence-corrected chi connectivity index (χ4v) is 11.4. The molecule has 68 heavy (non-hydrogen) atoms. The molecule has 2 aliphatic heterocycles. The van der Waals surface area contributed by atoms with Crippen LogP contribution in [0.5, 0.6) is 0 Å². The molecule has 5 aromatic rings. The number of rotatable bonds is 2. The van der Waals surface area contributed by atoms with E-state index in [0.29, 0.717) is 23.7 Å². The number of nitrogens with zero attached hydrogens (tertiary/aromatic N) is 2. The van der Waals surface area contributed by atoms with Crippen LogP contribution in [-0.4, -0.2) is 19.9 Å². The van der Waals surface area contributed by atoms with E-state index >= 15 is 0 Å². The van der Waals surface area contributed by atoms with Crippen molar-refractivity contribution in [1.82, 2.24) is 19.9 Å². The molecule has 4 fully saturated rings. The van der Waals surface area contributed by atoms with Crippen molar-refractivity contribution in [2.24, 2.45) is 17.8 Å². The average molecular weight is 887 g/mol. The molecule has 2 N–H and O–H groups in total. The van der Waals surface area contributed by atoms with Crippen molar-refractivity contribution < 1.29 is 0 Å². The second-order valence-corrected chi connectivity index (χ2v) is 20.1. The third kappa shape index (κ3) is 10.1. The molecule has 2 aromatic carbocycles. The molecule has 4 aliphatic carbocycles. The average Bonchev–Trinajstić information content (AvgIpc) is 4.23. The Balaban J connectivity index is 1.24. The maximum absolute atomic E-state index is 5.66. The Morgan fingerprint density at radius 1 is 0.412 bits per heavy atom. The van der Waals surface area contributed by atoms with Crippen molar-refractivity contribution in [3.05, 3.63) is 130 Å². The van der Waals surface area contributed by atoms with Gasteiger partial charge < -0.3 is 9.97 Å². The molecule has 11 rings (SSSR count). The molecule has 0 amide bonds. The van der Waals surface area contributed by atoms with Gasteiger partial charge in [0.1, 0.15) is 0 Å². The van der Waals surface area contributed by atoms with Crippen molar-refractivity contribution >= 4 is 45.4 Å². The van der Waals surface area contributed by atoms with Gasteiger partial charge in [0.25, 0.3) is 0 Å². The maximum Gasteiger partial charge on any atom is 0.0815 e.